The first-order chi connectivity index (χ1) is 6.16. The molecule has 3 heteroatoms. The molecule has 13 heavy (non-hydrogen) atoms. The van der Waals surface area contributed by atoms with Gasteiger partial charge in [-0.25, -0.2) is 0 Å². The number of rotatable bonds is 1. The van der Waals surface area contributed by atoms with Gasteiger partial charge < -0.3 is 4.42 Å². The van der Waals surface area contributed by atoms with Crippen molar-refractivity contribution in [2.24, 2.45) is 0 Å². The van der Waals surface area contributed by atoms with E-state index in [0.717, 1.165) is 5.39 Å². The normalized spacial score (nSPS) is 10.6. The molecule has 2 nitrogen and oxygen atoms in total. The number of halogens is 1. The number of fused-ring (bicyclic) bond motifs is 1. The molecule has 0 saturated heterocycles. The van der Waals surface area contributed by atoms with Crippen LogP contribution in [0.5, 0.6) is 0 Å². The molecule has 0 saturated carbocycles. The van der Waals surface area contributed by atoms with Gasteiger partial charge in [0.05, 0.1) is 0 Å². The SMILES string of the molecule is CC(=O)c1ccc2cc(Cl)oc2c1. The molecule has 0 aliphatic carbocycles. The standard InChI is InChI=1S/C10H7ClO2/c1-6(12)7-2-3-8-5-10(11)13-9(8)4-7/h2-5H,1H3. The minimum absolute atomic E-state index is 0.0226. The van der Waals surface area contributed by atoms with Crippen LogP contribution in [0, 0.1) is 0 Å². The number of carbonyl (C=O) groups is 1. The topological polar surface area (TPSA) is 30.2 Å². The summed E-state index contributed by atoms with van der Waals surface area (Å²) in [6.45, 7) is 1.52. The van der Waals surface area contributed by atoms with Gasteiger partial charge in [0.1, 0.15) is 5.58 Å². The smallest absolute Gasteiger partial charge is 0.194 e. The van der Waals surface area contributed by atoms with E-state index in [1.165, 1.54) is 6.92 Å². The lowest BCUT2D eigenvalue weighted by molar-refractivity contribution is 0.101. The van der Waals surface area contributed by atoms with Gasteiger partial charge in [-0.3, -0.25) is 4.79 Å². The van der Waals surface area contributed by atoms with Crippen LogP contribution in [0.15, 0.2) is 28.7 Å². The maximum absolute atomic E-state index is 11.0. The van der Waals surface area contributed by atoms with E-state index in [1.807, 2.05) is 6.07 Å². The van der Waals surface area contributed by atoms with E-state index in [9.17, 15) is 4.79 Å². The number of furan rings is 1. The fourth-order valence-corrected chi connectivity index (χ4v) is 1.42. The van der Waals surface area contributed by atoms with Crippen LogP contribution in [-0.2, 0) is 0 Å². The average molecular weight is 195 g/mol. The molecule has 0 atom stereocenters. The van der Waals surface area contributed by atoms with E-state index < -0.39 is 0 Å². The molecule has 0 fully saturated rings. The highest BCUT2D eigenvalue weighted by molar-refractivity contribution is 6.29. The predicted molar refractivity (Wildman–Crippen MR) is 51.2 cm³/mol. The zero-order chi connectivity index (χ0) is 9.42. The molecule has 1 aromatic carbocycles. The molecule has 1 aromatic heterocycles. The molecule has 0 aliphatic heterocycles. The average Bonchev–Trinajstić information content (AvgIpc) is 2.42. The Kier molecular flexibility index (Phi) is 1.85. The van der Waals surface area contributed by atoms with Gasteiger partial charge in [0.25, 0.3) is 0 Å². The Balaban J connectivity index is 2.67. The van der Waals surface area contributed by atoms with Gasteiger partial charge in [-0.05, 0) is 24.6 Å². The van der Waals surface area contributed by atoms with Gasteiger partial charge in [0.15, 0.2) is 11.0 Å². The lowest BCUT2D eigenvalue weighted by atomic mass is 10.1. The van der Waals surface area contributed by atoms with E-state index >= 15 is 0 Å². The number of benzene rings is 1. The molecule has 0 spiro atoms. The van der Waals surface area contributed by atoms with Crippen molar-refractivity contribution in [3.8, 4) is 0 Å². The summed E-state index contributed by atoms with van der Waals surface area (Å²) in [6.07, 6.45) is 0. The third-order valence-electron chi connectivity index (χ3n) is 1.90. The Labute approximate surface area is 80.1 Å². The lowest BCUT2D eigenvalue weighted by Crippen LogP contribution is -1.89. The van der Waals surface area contributed by atoms with E-state index in [4.69, 9.17) is 16.0 Å². The fourth-order valence-electron chi connectivity index (χ4n) is 1.22. The summed E-state index contributed by atoms with van der Waals surface area (Å²) in [5, 5.41) is 1.26. The molecular formula is C10H7ClO2. The van der Waals surface area contributed by atoms with Crippen molar-refractivity contribution in [2.45, 2.75) is 6.92 Å². The molecular weight excluding hydrogens is 188 g/mol. The van der Waals surface area contributed by atoms with Gasteiger partial charge in [-0.1, -0.05) is 12.1 Å². The van der Waals surface area contributed by atoms with Crippen molar-refractivity contribution < 1.29 is 9.21 Å². The number of Topliss-reactive ketones (excluding diaryl/α,β-unsaturated/α-hetero) is 1. The van der Waals surface area contributed by atoms with Crippen LogP contribution < -0.4 is 0 Å². The largest absolute Gasteiger partial charge is 0.445 e. The molecule has 66 valence electrons. The third-order valence-corrected chi connectivity index (χ3v) is 2.08. The van der Waals surface area contributed by atoms with Crippen LogP contribution in [0.4, 0.5) is 0 Å². The zero-order valence-electron chi connectivity index (χ0n) is 7.00. The number of hydrogen-bond acceptors (Lipinski definition) is 2. The summed E-state index contributed by atoms with van der Waals surface area (Å²) in [6, 6.07) is 7.00. The highest BCUT2D eigenvalue weighted by Gasteiger charge is 2.04. The maximum Gasteiger partial charge on any atom is 0.194 e. The second-order valence-electron chi connectivity index (χ2n) is 2.86. The molecule has 0 N–H and O–H groups in total. The van der Waals surface area contributed by atoms with Crippen molar-refractivity contribution in [1.82, 2.24) is 0 Å². The minimum atomic E-state index is 0.0226. The highest BCUT2D eigenvalue weighted by Crippen LogP contribution is 2.23. The Hall–Kier alpha value is -1.28. The monoisotopic (exact) mass is 194 g/mol. The van der Waals surface area contributed by atoms with Gasteiger partial charge in [-0.2, -0.15) is 0 Å². The Morgan fingerprint density at radius 3 is 2.85 bits per heavy atom. The molecule has 0 aliphatic rings. The lowest BCUT2D eigenvalue weighted by Gasteiger charge is -1.93. The van der Waals surface area contributed by atoms with Gasteiger partial charge in [-0.15, -0.1) is 0 Å². The zero-order valence-corrected chi connectivity index (χ0v) is 7.76. The van der Waals surface area contributed by atoms with Gasteiger partial charge in [0.2, 0.25) is 0 Å². The van der Waals surface area contributed by atoms with Crippen LogP contribution in [-0.4, -0.2) is 5.78 Å². The highest BCUT2D eigenvalue weighted by atomic mass is 35.5. The molecule has 1 heterocycles. The fraction of sp³-hybridized carbons (Fsp3) is 0.100. The van der Waals surface area contributed by atoms with Crippen LogP contribution in [0.2, 0.25) is 5.22 Å². The Morgan fingerprint density at radius 1 is 1.38 bits per heavy atom. The van der Waals surface area contributed by atoms with Crippen molar-refractivity contribution >= 4 is 28.4 Å². The van der Waals surface area contributed by atoms with Crippen LogP contribution in [0.25, 0.3) is 11.0 Å². The van der Waals surface area contributed by atoms with E-state index in [2.05, 4.69) is 0 Å². The molecule has 0 bridgehead atoms. The van der Waals surface area contributed by atoms with Gasteiger partial charge >= 0.3 is 0 Å². The number of hydrogen-bond donors (Lipinski definition) is 0. The quantitative estimate of drug-likeness (QED) is 0.652. The van der Waals surface area contributed by atoms with Crippen molar-refractivity contribution in [3.05, 3.63) is 35.0 Å². The van der Waals surface area contributed by atoms with Crippen molar-refractivity contribution in [3.63, 3.8) is 0 Å². The summed E-state index contributed by atoms with van der Waals surface area (Å²) in [7, 11) is 0. The predicted octanol–water partition coefficient (Wildman–Crippen LogP) is 3.29. The van der Waals surface area contributed by atoms with Crippen LogP contribution >= 0.6 is 11.6 Å². The maximum atomic E-state index is 11.0. The summed E-state index contributed by atoms with van der Waals surface area (Å²) >= 11 is 5.66. The molecule has 0 unspecified atom stereocenters. The minimum Gasteiger partial charge on any atom is -0.445 e. The molecule has 0 radical (unpaired) electrons. The van der Waals surface area contributed by atoms with E-state index in [0.29, 0.717) is 16.4 Å². The number of ketones is 1. The summed E-state index contributed by atoms with van der Waals surface area (Å²) in [5.74, 6) is 0.0226. The molecule has 2 rings (SSSR count). The van der Waals surface area contributed by atoms with Crippen LogP contribution in [0.3, 0.4) is 0 Å². The molecule has 2 aromatic rings. The second-order valence-corrected chi connectivity index (χ2v) is 3.23. The summed E-state index contributed by atoms with van der Waals surface area (Å²) in [5.41, 5.74) is 1.29. The second kappa shape index (κ2) is 2.89. The first kappa shape index (κ1) is 8.32. The third kappa shape index (κ3) is 1.45. The first-order valence-electron chi connectivity index (χ1n) is 3.87. The van der Waals surface area contributed by atoms with Crippen molar-refractivity contribution in [1.29, 1.82) is 0 Å². The van der Waals surface area contributed by atoms with E-state index in [-0.39, 0.29) is 5.78 Å². The van der Waals surface area contributed by atoms with E-state index in [1.54, 1.807) is 18.2 Å². The number of carbonyl (C=O) groups excluding carboxylic acids is 1. The van der Waals surface area contributed by atoms with Gasteiger partial charge in [0, 0.05) is 17.0 Å². The van der Waals surface area contributed by atoms with Crippen molar-refractivity contribution in [2.75, 3.05) is 0 Å². The molecule has 0 amide bonds. The van der Waals surface area contributed by atoms with Crippen LogP contribution in [0.1, 0.15) is 17.3 Å². The Bertz CT molecular complexity index is 471. The Morgan fingerprint density at radius 2 is 2.15 bits per heavy atom. The first-order valence-corrected chi connectivity index (χ1v) is 4.24. The summed E-state index contributed by atoms with van der Waals surface area (Å²) < 4.78 is 5.17. The summed E-state index contributed by atoms with van der Waals surface area (Å²) in [4.78, 5) is 11.0.